The number of hydrogen-bond acceptors (Lipinski definition) is 3. The molecule has 0 fully saturated rings. The van der Waals surface area contributed by atoms with E-state index in [1.165, 1.54) is 36.1 Å². The molecule has 0 unspecified atom stereocenters. The van der Waals surface area contributed by atoms with Crippen molar-refractivity contribution in [3.05, 3.63) is 57.5 Å². The highest BCUT2D eigenvalue weighted by Gasteiger charge is 2.08. The SMILES string of the molecule is COc1ccc(-n2cc(C(=O)O)ccc2=O)cc1Cl. The van der Waals surface area contributed by atoms with E-state index < -0.39 is 5.97 Å². The topological polar surface area (TPSA) is 68.5 Å². The van der Waals surface area contributed by atoms with Gasteiger partial charge in [-0.15, -0.1) is 0 Å². The molecule has 0 aliphatic rings. The number of aromatic carboxylic acids is 1. The lowest BCUT2D eigenvalue weighted by Gasteiger charge is -2.09. The van der Waals surface area contributed by atoms with Gasteiger partial charge in [-0.3, -0.25) is 9.36 Å². The molecule has 0 amide bonds. The van der Waals surface area contributed by atoms with Gasteiger partial charge in [0.2, 0.25) is 0 Å². The normalized spacial score (nSPS) is 10.2. The van der Waals surface area contributed by atoms with Gasteiger partial charge in [-0.1, -0.05) is 11.6 Å². The van der Waals surface area contributed by atoms with Crippen molar-refractivity contribution in [1.29, 1.82) is 0 Å². The maximum absolute atomic E-state index is 11.8. The Morgan fingerprint density at radius 2 is 2.05 bits per heavy atom. The minimum absolute atomic E-state index is 0.0199. The minimum atomic E-state index is -1.10. The van der Waals surface area contributed by atoms with E-state index in [0.717, 1.165) is 0 Å². The van der Waals surface area contributed by atoms with Crippen LogP contribution in [0.3, 0.4) is 0 Å². The number of hydrogen-bond donors (Lipinski definition) is 1. The number of carboxylic acids is 1. The third kappa shape index (κ3) is 2.61. The largest absolute Gasteiger partial charge is 0.495 e. The zero-order valence-electron chi connectivity index (χ0n) is 9.96. The predicted molar refractivity (Wildman–Crippen MR) is 70.6 cm³/mol. The second-order valence-corrected chi connectivity index (χ2v) is 4.16. The molecule has 1 aromatic heterocycles. The van der Waals surface area contributed by atoms with Crippen molar-refractivity contribution in [3.8, 4) is 11.4 Å². The molecule has 0 radical (unpaired) electrons. The molecule has 6 heteroatoms. The van der Waals surface area contributed by atoms with Crippen molar-refractivity contribution in [1.82, 2.24) is 4.57 Å². The first-order chi connectivity index (χ1) is 9.02. The monoisotopic (exact) mass is 279 g/mol. The van der Waals surface area contributed by atoms with Crippen LogP contribution in [0.2, 0.25) is 5.02 Å². The van der Waals surface area contributed by atoms with E-state index in [1.807, 2.05) is 0 Å². The number of nitrogens with zero attached hydrogens (tertiary/aromatic N) is 1. The van der Waals surface area contributed by atoms with Gasteiger partial charge < -0.3 is 9.84 Å². The van der Waals surface area contributed by atoms with Crippen LogP contribution < -0.4 is 10.3 Å². The highest BCUT2D eigenvalue weighted by atomic mass is 35.5. The Morgan fingerprint density at radius 1 is 1.32 bits per heavy atom. The molecule has 0 aliphatic carbocycles. The summed E-state index contributed by atoms with van der Waals surface area (Å²) in [6.45, 7) is 0. The molecular weight excluding hydrogens is 270 g/mol. The van der Waals surface area contributed by atoms with Gasteiger partial charge in [0.15, 0.2) is 0 Å². The smallest absolute Gasteiger partial charge is 0.337 e. The molecule has 0 saturated carbocycles. The van der Waals surface area contributed by atoms with Gasteiger partial charge in [0, 0.05) is 12.3 Å². The third-order valence-electron chi connectivity index (χ3n) is 2.57. The number of pyridine rings is 1. The number of benzene rings is 1. The fourth-order valence-electron chi connectivity index (χ4n) is 1.62. The first-order valence-electron chi connectivity index (χ1n) is 5.33. The summed E-state index contributed by atoms with van der Waals surface area (Å²) in [4.78, 5) is 22.7. The van der Waals surface area contributed by atoms with Crippen LogP contribution in [0.15, 0.2) is 41.3 Å². The maximum Gasteiger partial charge on any atom is 0.337 e. The highest BCUT2D eigenvalue weighted by Crippen LogP contribution is 2.26. The first kappa shape index (κ1) is 13.2. The molecule has 1 heterocycles. The Hall–Kier alpha value is -2.27. The predicted octanol–water partition coefficient (Wildman–Crippen LogP) is 2.20. The van der Waals surface area contributed by atoms with Gasteiger partial charge >= 0.3 is 5.97 Å². The van der Waals surface area contributed by atoms with Crippen LogP contribution >= 0.6 is 11.6 Å². The van der Waals surface area contributed by atoms with E-state index in [9.17, 15) is 9.59 Å². The molecule has 0 bridgehead atoms. The second-order valence-electron chi connectivity index (χ2n) is 3.75. The Labute approximate surface area is 113 Å². The molecular formula is C13H10ClNO4. The zero-order chi connectivity index (χ0) is 14.0. The van der Waals surface area contributed by atoms with Crippen LogP contribution in [0.4, 0.5) is 0 Å². The second kappa shape index (κ2) is 5.16. The van der Waals surface area contributed by atoms with Crippen LogP contribution in [0.5, 0.6) is 5.75 Å². The minimum Gasteiger partial charge on any atom is -0.495 e. The van der Waals surface area contributed by atoms with Crippen molar-refractivity contribution >= 4 is 17.6 Å². The molecule has 2 aromatic rings. The maximum atomic E-state index is 11.8. The molecule has 0 aliphatic heterocycles. The fraction of sp³-hybridized carbons (Fsp3) is 0.0769. The van der Waals surface area contributed by atoms with Gasteiger partial charge in [0.05, 0.1) is 23.4 Å². The molecule has 2 rings (SSSR count). The van der Waals surface area contributed by atoms with Crippen LogP contribution in [-0.2, 0) is 0 Å². The summed E-state index contributed by atoms with van der Waals surface area (Å²) in [6, 6.07) is 7.22. The number of carboxylic acid groups (broad SMARTS) is 1. The van der Waals surface area contributed by atoms with Crippen LogP contribution in [0, 0.1) is 0 Å². The van der Waals surface area contributed by atoms with Crippen molar-refractivity contribution < 1.29 is 14.6 Å². The van der Waals surface area contributed by atoms with Crippen molar-refractivity contribution in [2.75, 3.05) is 7.11 Å². The van der Waals surface area contributed by atoms with Crippen LogP contribution in [0.1, 0.15) is 10.4 Å². The van der Waals surface area contributed by atoms with E-state index >= 15 is 0 Å². The first-order valence-corrected chi connectivity index (χ1v) is 5.70. The number of aromatic nitrogens is 1. The van der Waals surface area contributed by atoms with E-state index in [-0.39, 0.29) is 11.1 Å². The summed E-state index contributed by atoms with van der Waals surface area (Å²) in [6.07, 6.45) is 1.25. The number of halogens is 1. The lowest BCUT2D eigenvalue weighted by Crippen LogP contribution is -2.18. The summed E-state index contributed by atoms with van der Waals surface area (Å²) in [5.41, 5.74) is 0.150. The van der Waals surface area contributed by atoms with E-state index in [2.05, 4.69) is 0 Å². The van der Waals surface area contributed by atoms with E-state index in [0.29, 0.717) is 16.5 Å². The van der Waals surface area contributed by atoms with Gasteiger partial charge in [0.25, 0.3) is 5.56 Å². The average Bonchev–Trinajstić information content (AvgIpc) is 2.38. The summed E-state index contributed by atoms with van der Waals surface area (Å²) in [5.74, 6) is -0.624. The fourth-order valence-corrected chi connectivity index (χ4v) is 1.87. The number of methoxy groups -OCH3 is 1. The molecule has 1 N–H and O–H groups in total. The Kier molecular flexibility index (Phi) is 3.57. The molecule has 98 valence electrons. The standard InChI is InChI=1S/C13H10ClNO4/c1-19-11-4-3-9(6-10(11)14)15-7-8(13(17)18)2-5-12(15)16/h2-7H,1H3,(H,17,18). The highest BCUT2D eigenvalue weighted by molar-refractivity contribution is 6.32. The molecule has 0 atom stereocenters. The Morgan fingerprint density at radius 3 is 2.63 bits per heavy atom. The Bertz CT molecular complexity index is 693. The van der Waals surface area contributed by atoms with Gasteiger partial charge in [-0.05, 0) is 24.3 Å². The quantitative estimate of drug-likeness (QED) is 0.935. The number of carbonyl (C=O) groups is 1. The summed E-state index contributed by atoms with van der Waals surface area (Å²) < 4.78 is 6.23. The molecule has 5 nitrogen and oxygen atoms in total. The Balaban J connectivity index is 2.58. The lowest BCUT2D eigenvalue weighted by molar-refractivity contribution is 0.0696. The third-order valence-corrected chi connectivity index (χ3v) is 2.87. The molecule has 1 aromatic carbocycles. The summed E-state index contributed by atoms with van der Waals surface area (Å²) in [5, 5.41) is 9.26. The van der Waals surface area contributed by atoms with Gasteiger partial charge in [-0.2, -0.15) is 0 Å². The van der Waals surface area contributed by atoms with Crippen LogP contribution in [0.25, 0.3) is 5.69 Å². The zero-order valence-corrected chi connectivity index (χ0v) is 10.7. The van der Waals surface area contributed by atoms with E-state index in [1.54, 1.807) is 12.1 Å². The van der Waals surface area contributed by atoms with Crippen molar-refractivity contribution in [3.63, 3.8) is 0 Å². The number of rotatable bonds is 3. The van der Waals surface area contributed by atoms with Gasteiger partial charge in [0.1, 0.15) is 5.75 Å². The summed E-state index contributed by atoms with van der Waals surface area (Å²) >= 11 is 5.98. The van der Waals surface area contributed by atoms with Gasteiger partial charge in [-0.25, -0.2) is 4.79 Å². The molecule has 0 spiro atoms. The molecule has 19 heavy (non-hydrogen) atoms. The van der Waals surface area contributed by atoms with E-state index in [4.69, 9.17) is 21.4 Å². The van der Waals surface area contributed by atoms with Crippen molar-refractivity contribution in [2.24, 2.45) is 0 Å². The summed E-state index contributed by atoms with van der Waals surface area (Å²) in [7, 11) is 1.48. The van der Waals surface area contributed by atoms with Crippen LogP contribution in [-0.4, -0.2) is 22.8 Å². The molecule has 0 saturated heterocycles. The average molecular weight is 280 g/mol. The lowest BCUT2D eigenvalue weighted by atomic mass is 10.2. The van der Waals surface area contributed by atoms with Crippen molar-refractivity contribution in [2.45, 2.75) is 0 Å². The number of ether oxygens (including phenoxy) is 1.